The first kappa shape index (κ1) is 17.6. The van der Waals surface area contributed by atoms with Crippen LogP contribution in [0.2, 0.25) is 0 Å². The fraction of sp³-hybridized carbons (Fsp3) is 0.130. The molecule has 0 bridgehead atoms. The van der Waals surface area contributed by atoms with E-state index in [4.69, 9.17) is 9.47 Å². The van der Waals surface area contributed by atoms with E-state index >= 15 is 0 Å². The van der Waals surface area contributed by atoms with Crippen LogP contribution in [0, 0.1) is 25.2 Å². The Hall–Kier alpha value is -3.78. The highest BCUT2D eigenvalue weighted by Crippen LogP contribution is 2.35. The Morgan fingerprint density at radius 2 is 1.82 bits per heavy atom. The van der Waals surface area contributed by atoms with Crippen molar-refractivity contribution in [1.82, 2.24) is 4.57 Å². The molecule has 28 heavy (non-hydrogen) atoms. The van der Waals surface area contributed by atoms with Crippen LogP contribution < -0.4 is 9.47 Å². The molecule has 1 aliphatic rings. The van der Waals surface area contributed by atoms with Crippen LogP contribution in [0.15, 0.2) is 60.2 Å². The second-order valence-electron chi connectivity index (χ2n) is 6.56. The minimum atomic E-state index is -0.281. The van der Waals surface area contributed by atoms with Crippen molar-refractivity contribution in [3.05, 3.63) is 82.7 Å². The molecule has 1 aromatic heterocycles. The largest absolute Gasteiger partial charge is 0.454 e. The summed E-state index contributed by atoms with van der Waals surface area (Å²) in [6.45, 7) is 4.18. The Balaban J connectivity index is 1.74. The van der Waals surface area contributed by atoms with E-state index in [1.165, 1.54) is 0 Å². The summed E-state index contributed by atoms with van der Waals surface area (Å²) < 4.78 is 12.9. The number of nitrogens with zero attached hydrogens (tertiary/aromatic N) is 2. The average Bonchev–Trinajstić information content (AvgIpc) is 3.29. The topological polar surface area (TPSA) is 64.2 Å². The molecule has 5 heteroatoms. The monoisotopic (exact) mass is 370 g/mol. The van der Waals surface area contributed by atoms with Gasteiger partial charge >= 0.3 is 0 Å². The highest BCUT2D eigenvalue weighted by atomic mass is 16.7. The molecule has 3 aromatic rings. The minimum Gasteiger partial charge on any atom is -0.454 e. The Bertz CT molecular complexity index is 1130. The van der Waals surface area contributed by atoms with Crippen molar-refractivity contribution in [2.45, 2.75) is 13.8 Å². The number of ether oxygens (including phenoxy) is 2. The van der Waals surface area contributed by atoms with Gasteiger partial charge in [-0.15, -0.1) is 0 Å². The van der Waals surface area contributed by atoms with Crippen molar-refractivity contribution in [3.8, 4) is 23.3 Å². The van der Waals surface area contributed by atoms with Gasteiger partial charge in [-0.2, -0.15) is 5.26 Å². The Kier molecular flexibility index (Phi) is 4.46. The van der Waals surface area contributed by atoms with Crippen LogP contribution in [-0.2, 0) is 0 Å². The summed E-state index contributed by atoms with van der Waals surface area (Å²) in [5.74, 6) is 1.15. The van der Waals surface area contributed by atoms with Gasteiger partial charge in [-0.05, 0) is 43.7 Å². The summed E-state index contributed by atoms with van der Waals surface area (Å²) >= 11 is 0. The summed E-state index contributed by atoms with van der Waals surface area (Å²) in [6, 6.07) is 18.6. The average molecular weight is 370 g/mol. The smallest absolute Gasteiger partial charge is 0.231 e. The molecule has 138 valence electrons. The molecule has 0 fully saturated rings. The summed E-state index contributed by atoms with van der Waals surface area (Å²) in [4.78, 5) is 12.7. The van der Waals surface area contributed by atoms with Crippen molar-refractivity contribution in [2.75, 3.05) is 6.79 Å². The molecule has 1 aliphatic heterocycles. The maximum Gasteiger partial charge on any atom is 0.231 e. The number of benzene rings is 2. The lowest BCUT2D eigenvalue weighted by molar-refractivity contribution is 0.104. The van der Waals surface area contributed by atoms with Crippen LogP contribution in [0.25, 0.3) is 11.8 Å². The van der Waals surface area contributed by atoms with Gasteiger partial charge in [-0.3, -0.25) is 4.79 Å². The van der Waals surface area contributed by atoms with Crippen molar-refractivity contribution in [3.63, 3.8) is 0 Å². The van der Waals surface area contributed by atoms with E-state index in [0.29, 0.717) is 11.3 Å². The van der Waals surface area contributed by atoms with Crippen LogP contribution in [0.3, 0.4) is 0 Å². The molecule has 0 spiro atoms. The molecule has 2 aromatic carbocycles. The molecule has 5 nitrogen and oxygen atoms in total. The number of Topliss-reactive ketones (excluding diaryl/α,β-unsaturated/α-hetero) is 1. The predicted molar refractivity (Wildman–Crippen MR) is 106 cm³/mol. The molecule has 0 amide bonds. The van der Waals surface area contributed by atoms with Gasteiger partial charge in [0, 0.05) is 28.7 Å². The van der Waals surface area contributed by atoms with Gasteiger partial charge in [-0.1, -0.05) is 30.3 Å². The summed E-state index contributed by atoms with van der Waals surface area (Å²) in [5, 5.41) is 9.53. The first-order chi connectivity index (χ1) is 13.6. The fourth-order valence-corrected chi connectivity index (χ4v) is 3.40. The zero-order chi connectivity index (χ0) is 19.7. The third-order valence-corrected chi connectivity index (χ3v) is 4.79. The summed E-state index contributed by atoms with van der Waals surface area (Å²) in [7, 11) is 0. The number of rotatable bonds is 4. The van der Waals surface area contributed by atoms with E-state index in [0.717, 1.165) is 28.4 Å². The molecular formula is C23H18N2O3. The number of carbonyl (C=O) groups excluding carboxylic acids is 1. The summed E-state index contributed by atoms with van der Waals surface area (Å²) in [5.41, 5.74) is 4.30. The summed E-state index contributed by atoms with van der Waals surface area (Å²) in [6.07, 6.45) is 1.65. The van der Waals surface area contributed by atoms with Crippen LogP contribution in [0.5, 0.6) is 11.5 Å². The van der Waals surface area contributed by atoms with Gasteiger partial charge in [0.25, 0.3) is 0 Å². The van der Waals surface area contributed by atoms with Crippen molar-refractivity contribution >= 4 is 11.9 Å². The van der Waals surface area contributed by atoms with Gasteiger partial charge in [0.1, 0.15) is 11.6 Å². The normalized spacial score (nSPS) is 12.7. The highest BCUT2D eigenvalue weighted by molar-refractivity contribution is 6.14. The van der Waals surface area contributed by atoms with Crippen LogP contribution in [-0.4, -0.2) is 17.1 Å². The Morgan fingerprint density at radius 1 is 1.07 bits per heavy atom. The van der Waals surface area contributed by atoms with Crippen molar-refractivity contribution < 1.29 is 14.3 Å². The first-order valence-corrected chi connectivity index (χ1v) is 8.89. The Labute approximate surface area is 163 Å². The molecule has 0 radical (unpaired) electrons. The van der Waals surface area contributed by atoms with Gasteiger partial charge in [0.15, 0.2) is 11.5 Å². The zero-order valence-electron chi connectivity index (χ0n) is 15.6. The molecule has 0 saturated carbocycles. The van der Waals surface area contributed by atoms with E-state index in [9.17, 15) is 10.1 Å². The lowest BCUT2D eigenvalue weighted by Gasteiger charge is -2.10. The number of allylic oxidation sites excluding steroid dienone is 1. The molecule has 0 atom stereocenters. The van der Waals surface area contributed by atoms with Crippen LogP contribution >= 0.6 is 0 Å². The molecule has 0 saturated heterocycles. The maximum atomic E-state index is 12.7. The second kappa shape index (κ2) is 7.09. The molecule has 0 unspecified atom stereocenters. The van der Waals surface area contributed by atoms with E-state index in [1.54, 1.807) is 30.3 Å². The predicted octanol–water partition coefficient (Wildman–Crippen LogP) is 4.61. The number of hydrogen-bond acceptors (Lipinski definition) is 4. The standard InChI is InChI=1S/C23H18N2O3/c1-15-10-18(11-19(13-24)23(26)17-6-4-3-5-7-17)16(2)25(15)20-8-9-21-22(12-20)28-14-27-21/h3-12H,14H2,1-2H3/b19-11-. The van der Waals surface area contributed by atoms with Crippen molar-refractivity contribution in [1.29, 1.82) is 5.26 Å². The van der Waals surface area contributed by atoms with E-state index < -0.39 is 0 Å². The number of aromatic nitrogens is 1. The lowest BCUT2D eigenvalue weighted by Crippen LogP contribution is -2.02. The van der Waals surface area contributed by atoms with Crippen LogP contribution in [0.1, 0.15) is 27.3 Å². The number of fused-ring (bicyclic) bond motifs is 1. The van der Waals surface area contributed by atoms with E-state index in [1.807, 2.05) is 50.2 Å². The van der Waals surface area contributed by atoms with Gasteiger partial charge in [-0.25, -0.2) is 0 Å². The number of nitriles is 1. The third-order valence-electron chi connectivity index (χ3n) is 4.79. The SMILES string of the molecule is Cc1cc(/C=C(/C#N)C(=O)c2ccccc2)c(C)n1-c1ccc2c(c1)OCO2. The van der Waals surface area contributed by atoms with Crippen LogP contribution in [0.4, 0.5) is 0 Å². The molecule has 4 rings (SSSR count). The zero-order valence-corrected chi connectivity index (χ0v) is 15.6. The van der Waals surface area contributed by atoms with E-state index in [2.05, 4.69) is 4.57 Å². The fourth-order valence-electron chi connectivity index (χ4n) is 3.40. The number of ketones is 1. The van der Waals surface area contributed by atoms with Gasteiger partial charge in [0.05, 0.1) is 0 Å². The first-order valence-electron chi connectivity index (χ1n) is 8.89. The molecule has 0 N–H and O–H groups in total. The molecule has 0 aliphatic carbocycles. The number of carbonyl (C=O) groups is 1. The molecular weight excluding hydrogens is 352 g/mol. The maximum absolute atomic E-state index is 12.7. The number of hydrogen-bond donors (Lipinski definition) is 0. The lowest BCUT2D eigenvalue weighted by atomic mass is 10.0. The Morgan fingerprint density at radius 3 is 2.57 bits per heavy atom. The highest BCUT2D eigenvalue weighted by Gasteiger charge is 2.18. The third kappa shape index (κ3) is 3.06. The molecule has 2 heterocycles. The van der Waals surface area contributed by atoms with Crippen molar-refractivity contribution in [2.24, 2.45) is 0 Å². The van der Waals surface area contributed by atoms with Gasteiger partial charge < -0.3 is 14.0 Å². The second-order valence-corrected chi connectivity index (χ2v) is 6.56. The number of aryl methyl sites for hydroxylation is 1. The minimum absolute atomic E-state index is 0.108. The quantitative estimate of drug-likeness (QED) is 0.382. The van der Waals surface area contributed by atoms with Gasteiger partial charge in [0.2, 0.25) is 12.6 Å². The van der Waals surface area contributed by atoms with E-state index in [-0.39, 0.29) is 18.1 Å².